The van der Waals surface area contributed by atoms with Crippen molar-refractivity contribution >= 4 is 29.9 Å². The number of halogens is 1. The van der Waals surface area contributed by atoms with Crippen LogP contribution in [0.2, 0.25) is 0 Å². The lowest BCUT2D eigenvalue weighted by molar-refractivity contribution is 0.0582. The number of aliphatic imine (C=N–C) groups is 1. The maximum Gasteiger partial charge on any atom is 0.188 e. The maximum absolute atomic E-state index is 5.82. The van der Waals surface area contributed by atoms with Crippen molar-refractivity contribution in [1.29, 1.82) is 0 Å². The number of ether oxygens (including phenoxy) is 1. The van der Waals surface area contributed by atoms with Crippen LogP contribution >= 0.6 is 24.0 Å². The average Bonchev–Trinajstić information content (AvgIpc) is 2.32. The summed E-state index contributed by atoms with van der Waals surface area (Å²) >= 11 is 0. The van der Waals surface area contributed by atoms with Gasteiger partial charge in [-0.25, -0.2) is 0 Å². The van der Waals surface area contributed by atoms with Crippen LogP contribution in [0.4, 0.5) is 0 Å². The molecule has 0 bridgehead atoms. The van der Waals surface area contributed by atoms with Crippen molar-refractivity contribution in [2.75, 3.05) is 33.8 Å². The molecule has 0 aromatic rings. The van der Waals surface area contributed by atoms with Crippen LogP contribution in [0.1, 0.15) is 33.6 Å². The summed E-state index contributed by atoms with van der Waals surface area (Å²) in [5, 5.41) is 3.15. The van der Waals surface area contributed by atoms with Crippen LogP contribution in [-0.2, 0) is 4.74 Å². The monoisotopic (exact) mass is 386 g/mol. The van der Waals surface area contributed by atoms with Crippen molar-refractivity contribution in [2.24, 2.45) is 10.7 Å². The summed E-state index contributed by atoms with van der Waals surface area (Å²) in [4.78, 5) is 6.50. The van der Waals surface area contributed by atoms with Crippen molar-refractivity contribution < 1.29 is 4.74 Å². The zero-order valence-corrected chi connectivity index (χ0v) is 15.3. The van der Waals surface area contributed by atoms with Gasteiger partial charge in [-0.3, -0.25) is 4.99 Å². The topological polar surface area (TPSA) is 62.9 Å². The van der Waals surface area contributed by atoms with Crippen LogP contribution in [0.3, 0.4) is 0 Å². The lowest BCUT2D eigenvalue weighted by Crippen LogP contribution is -2.38. The zero-order chi connectivity index (χ0) is 14.0. The van der Waals surface area contributed by atoms with Crippen LogP contribution in [0.5, 0.6) is 0 Å². The summed E-state index contributed by atoms with van der Waals surface area (Å²) in [6, 6.07) is 0.362. The van der Waals surface area contributed by atoms with Crippen molar-refractivity contribution in [3.63, 3.8) is 0 Å². The smallest absolute Gasteiger partial charge is 0.188 e. The molecular formula is C13H31IN4O. The quantitative estimate of drug-likeness (QED) is 0.360. The summed E-state index contributed by atoms with van der Waals surface area (Å²) in [5.41, 5.74) is 5.82. The van der Waals surface area contributed by atoms with E-state index in [1.807, 2.05) is 6.92 Å². The van der Waals surface area contributed by atoms with Gasteiger partial charge in [0.05, 0.1) is 12.6 Å². The number of rotatable bonds is 9. The van der Waals surface area contributed by atoms with Gasteiger partial charge in [0.15, 0.2) is 5.96 Å². The highest BCUT2D eigenvalue weighted by atomic mass is 127. The Morgan fingerprint density at radius 3 is 2.47 bits per heavy atom. The fourth-order valence-electron chi connectivity index (χ4n) is 1.47. The second-order valence-electron chi connectivity index (χ2n) is 4.85. The normalized spacial score (nSPS) is 14.9. The molecule has 0 heterocycles. The van der Waals surface area contributed by atoms with Crippen molar-refractivity contribution in [3.05, 3.63) is 0 Å². The molecule has 0 amide bonds. The van der Waals surface area contributed by atoms with Crippen LogP contribution in [0, 0.1) is 0 Å². The van der Waals surface area contributed by atoms with Gasteiger partial charge in [-0.15, -0.1) is 24.0 Å². The molecule has 0 saturated carbocycles. The van der Waals surface area contributed by atoms with Crippen LogP contribution < -0.4 is 11.1 Å². The van der Waals surface area contributed by atoms with E-state index in [4.69, 9.17) is 10.5 Å². The molecule has 3 N–H and O–H groups in total. The number of nitrogens with two attached hydrogens (primary N) is 1. The van der Waals surface area contributed by atoms with Gasteiger partial charge < -0.3 is 20.7 Å². The first-order valence-electron chi connectivity index (χ1n) is 6.82. The molecule has 6 heteroatoms. The van der Waals surface area contributed by atoms with Gasteiger partial charge in [-0.05, 0) is 40.8 Å². The lowest BCUT2D eigenvalue weighted by Gasteiger charge is -2.18. The van der Waals surface area contributed by atoms with Gasteiger partial charge in [0.1, 0.15) is 0 Å². The first-order valence-corrected chi connectivity index (χ1v) is 6.82. The Balaban J connectivity index is 0. The van der Waals surface area contributed by atoms with Gasteiger partial charge in [0.2, 0.25) is 0 Å². The highest BCUT2D eigenvalue weighted by Gasteiger charge is 2.09. The minimum absolute atomic E-state index is 0. The third-order valence-electron chi connectivity index (χ3n) is 2.77. The first-order chi connectivity index (χ1) is 8.49. The van der Waals surface area contributed by atoms with E-state index < -0.39 is 0 Å². The number of nitrogens with one attached hydrogen (secondary N) is 1. The zero-order valence-electron chi connectivity index (χ0n) is 13.0. The Kier molecular flexibility index (Phi) is 14.4. The molecule has 0 fully saturated rings. The highest BCUT2D eigenvalue weighted by Crippen LogP contribution is 2.00. The predicted octanol–water partition coefficient (Wildman–Crippen LogP) is 1.66. The summed E-state index contributed by atoms with van der Waals surface area (Å²) in [6.07, 6.45) is 2.15. The largest absolute Gasteiger partial charge is 0.377 e. The standard InChI is InChI=1S/C13H30N4O.HI/c1-6-11(3)16-13(14)15-10-12(18-7-2)8-9-17(4)5;/h11-12H,6-10H2,1-5H3,(H3,14,15,16);1H. The van der Waals surface area contributed by atoms with Crippen LogP contribution in [0.15, 0.2) is 4.99 Å². The van der Waals surface area contributed by atoms with Crippen molar-refractivity contribution in [2.45, 2.75) is 45.8 Å². The van der Waals surface area contributed by atoms with E-state index >= 15 is 0 Å². The number of guanidine groups is 1. The Labute approximate surface area is 135 Å². The molecule has 0 saturated heterocycles. The van der Waals surface area contributed by atoms with Crippen molar-refractivity contribution in [1.82, 2.24) is 10.2 Å². The van der Waals surface area contributed by atoms with Gasteiger partial charge >= 0.3 is 0 Å². The lowest BCUT2D eigenvalue weighted by atomic mass is 10.2. The van der Waals surface area contributed by atoms with E-state index in [-0.39, 0.29) is 30.1 Å². The molecule has 0 aromatic carbocycles. The van der Waals surface area contributed by atoms with E-state index in [9.17, 15) is 0 Å². The molecule has 0 aliphatic heterocycles. The molecule has 0 spiro atoms. The van der Waals surface area contributed by atoms with Gasteiger partial charge in [0, 0.05) is 19.2 Å². The molecule has 2 unspecified atom stereocenters. The third kappa shape index (κ3) is 12.7. The molecule has 0 aliphatic rings. The fourth-order valence-corrected chi connectivity index (χ4v) is 1.47. The van der Waals surface area contributed by atoms with Gasteiger partial charge in [-0.1, -0.05) is 6.92 Å². The van der Waals surface area contributed by atoms with Crippen molar-refractivity contribution in [3.8, 4) is 0 Å². The molecule has 0 aliphatic carbocycles. The van der Waals surface area contributed by atoms with E-state index in [2.05, 4.69) is 43.2 Å². The molecular weight excluding hydrogens is 355 g/mol. The first kappa shape index (κ1) is 21.2. The minimum atomic E-state index is 0. The molecule has 0 rings (SSSR count). The van der Waals surface area contributed by atoms with Crippen LogP contribution in [0.25, 0.3) is 0 Å². The Hall–Kier alpha value is -0.0800. The molecule has 116 valence electrons. The SMILES string of the molecule is CCOC(CCN(C)C)CN=C(N)NC(C)CC.I. The van der Waals surface area contributed by atoms with Gasteiger partial charge in [-0.2, -0.15) is 0 Å². The number of hydrogen-bond donors (Lipinski definition) is 2. The van der Waals surface area contributed by atoms with E-state index in [0.717, 1.165) is 19.4 Å². The van der Waals surface area contributed by atoms with E-state index in [1.165, 1.54) is 0 Å². The molecule has 0 aromatic heterocycles. The van der Waals surface area contributed by atoms with Crippen LogP contribution in [-0.4, -0.2) is 56.8 Å². The molecule has 5 nitrogen and oxygen atoms in total. The van der Waals surface area contributed by atoms with E-state index in [1.54, 1.807) is 0 Å². The minimum Gasteiger partial charge on any atom is -0.377 e. The average molecular weight is 386 g/mol. The molecule has 19 heavy (non-hydrogen) atoms. The second-order valence-corrected chi connectivity index (χ2v) is 4.85. The maximum atomic E-state index is 5.82. The number of nitrogens with zero attached hydrogens (tertiary/aromatic N) is 2. The Morgan fingerprint density at radius 1 is 1.37 bits per heavy atom. The summed E-state index contributed by atoms with van der Waals surface area (Å²) in [7, 11) is 4.12. The summed E-state index contributed by atoms with van der Waals surface area (Å²) in [5.74, 6) is 0.513. The molecule has 2 atom stereocenters. The fraction of sp³-hybridized carbons (Fsp3) is 0.923. The Bertz CT molecular complexity index is 237. The second kappa shape index (κ2) is 12.9. The Morgan fingerprint density at radius 2 is 2.00 bits per heavy atom. The highest BCUT2D eigenvalue weighted by molar-refractivity contribution is 14.0. The molecule has 0 radical (unpaired) electrons. The van der Waals surface area contributed by atoms with E-state index in [0.29, 0.717) is 25.2 Å². The predicted molar refractivity (Wildman–Crippen MR) is 93.4 cm³/mol. The third-order valence-corrected chi connectivity index (χ3v) is 2.77. The van der Waals surface area contributed by atoms with Gasteiger partial charge in [0.25, 0.3) is 0 Å². The summed E-state index contributed by atoms with van der Waals surface area (Å²) in [6.45, 7) is 8.55. The summed E-state index contributed by atoms with van der Waals surface area (Å²) < 4.78 is 5.66. The number of hydrogen-bond acceptors (Lipinski definition) is 3.